The Kier molecular flexibility index (Phi) is 6.60. The lowest BCUT2D eigenvalue weighted by molar-refractivity contribution is -0.134. The highest BCUT2D eigenvalue weighted by Crippen LogP contribution is 2.26. The minimum Gasteiger partial charge on any atom is -0.497 e. The first-order valence-corrected chi connectivity index (χ1v) is 9.25. The molecule has 6 heteroatoms. The number of carboxylic acid groups (broad SMARTS) is 1. The van der Waals surface area contributed by atoms with Crippen molar-refractivity contribution in [3.63, 3.8) is 0 Å². The van der Waals surface area contributed by atoms with Gasteiger partial charge in [0.1, 0.15) is 11.5 Å². The first kappa shape index (κ1) is 20.8. The summed E-state index contributed by atoms with van der Waals surface area (Å²) in [4.78, 5) is 17.9. The summed E-state index contributed by atoms with van der Waals surface area (Å²) in [5.41, 5.74) is 4.05. The summed E-state index contributed by atoms with van der Waals surface area (Å²) in [5.74, 6) is 0.804. The molecule has 0 aliphatic heterocycles. The van der Waals surface area contributed by atoms with Gasteiger partial charge in [0, 0.05) is 30.1 Å². The summed E-state index contributed by atoms with van der Waals surface area (Å²) in [5, 5.41) is 9.53. The van der Waals surface area contributed by atoms with Gasteiger partial charge in [-0.2, -0.15) is 0 Å². The molecule has 0 aliphatic rings. The predicted molar refractivity (Wildman–Crippen MR) is 119 cm³/mol. The van der Waals surface area contributed by atoms with Crippen molar-refractivity contribution >= 4 is 39.9 Å². The Bertz CT molecular complexity index is 1130. The number of hydrogen-bond donors (Lipinski definition) is 1. The Morgan fingerprint density at radius 3 is 1.57 bits per heavy atom. The van der Waals surface area contributed by atoms with E-state index in [4.69, 9.17) is 19.4 Å². The maximum atomic E-state index is 9.00. The number of rotatable bonds is 4. The van der Waals surface area contributed by atoms with E-state index in [0.717, 1.165) is 51.4 Å². The van der Waals surface area contributed by atoms with Crippen LogP contribution in [0.2, 0.25) is 0 Å². The Hall–Kier alpha value is -3.93. The normalized spacial score (nSPS) is 10.6. The SMILES string of the molecule is CC(=O)O.COc1ccc2nccc(/C=C/c3ccnc4ccc(OC)cc34)c2c1. The Labute approximate surface area is 174 Å². The lowest BCUT2D eigenvalue weighted by Gasteiger charge is -2.06. The van der Waals surface area contributed by atoms with Gasteiger partial charge in [-0.15, -0.1) is 0 Å². The summed E-state index contributed by atoms with van der Waals surface area (Å²) in [7, 11) is 3.34. The van der Waals surface area contributed by atoms with Gasteiger partial charge in [0.05, 0.1) is 25.3 Å². The highest BCUT2D eigenvalue weighted by molar-refractivity contribution is 5.95. The summed E-state index contributed by atoms with van der Waals surface area (Å²) in [6, 6.07) is 15.8. The van der Waals surface area contributed by atoms with Gasteiger partial charge < -0.3 is 14.6 Å². The number of benzene rings is 2. The first-order chi connectivity index (χ1) is 14.5. The minimum absolute atomic E-state index is 0.819. The number of hydrogen-bond acceptors (Lipinski definition) is 5. The van der Waals surface area contributed by atoms with Crippen molar-refractivity contribution in [2.24, 2.45) is 0 Å². The fourth-order valence-electron chi connectivity index (χ4n) is 3.02. The average molecular weight is 402 g/mol. The van der Waals surface area contributed by atoms with E-state index in [2.05, 4.69) is 22.1 Å². The summed E-state index contributed by atoms with van der Waals surface area (Å²) < 4.78 is 10.7. The third kappa shape index (κ3) is 4.91. The number of carbonyl (C=O) groups is 1. The molecule has 4 rings (SSSR count). The molecule has 0 atom stereocenters. The van der Waals surface area contributed by atoms with E-state index in [0.29, 0.717) is 0 Å². The van der Waals surface area contributed by atoms with Crippen molar-refractivity contribution in [1.82, 2.24) is 9.97 Å². The molecule has 0 amide bonds. The molecule has 1 N–H and O–H groups in total. The molecule has 2 aromatic heterocycles. The van der Waals surface area contributed by atoms with E-state index >= 15 is 0 Å². The van der Waals surface area contributed by atoms with Gasteiger partial charge in [-0.05, 0) is 59.7 Å². The molecule has 0 unspecified atom stereocenters. The number of aromatic nitrogens is 2. The standard InChI is InChI=1S/C22H18N2O2.C2H4O2/c1-25-17-5-7-21-19(13-17)15(9-11-23-21)3-4-16-10-12-24-22-8-6-18(26-2)14-20(16)22;1-2(3)4/h3-14H,1-2H3;1H3,(H,3,4)/b4-3+;. The maximum absolute atomic E-state index is 9.00. The lowest BCUT2D eigenvalue weighted by Crippen LogP contribution is -1.87. The third-order valence-electron chi connectivity index (χ3n) is 4.41. The summed E-state index contributed by atoms with van der Waals surface area (Å²) in [6.45, 7) is 1.08. The van der Waals surface area contributed by atoms with Crippen molar-refractivity contribution in [3.05, 3.63) is 72.1 Å². The van der Waals surface area contributed by atoms with Gasteiger partial charge in [-0.3, -0.25) is 14.8 Å². The van der Waals surface area contributed by atoms with E-state index in [9.17, 15) is 0 Å². The summed E-state index contributed by atoms with van der Waals surface area (Å²) >= 11 is 0. The van der Waals surface area contributed by atoms with Crippen LogP contribution in [-0.2, 0) is 4.79 Å². The molecule has 0 spiro atoms. The van der Waals surface area contributed by atoms with Crippen LogP contribution < -0.4 is 9.47 Å². The average Bonchev–Trinajstić information content (AvgIpc) is 2.76. The summed E-state index contributed by atoms with van der Waals surface area (Å²) in [6.07, 6.45) is 7.83. The zero-order valence-corrected chi connectivity index (χ0v) is 17.0. The molecule has 2 heterocycles. The smallest absolute Gasteiger partial charge is 0.300 e. The van der Waals surface area contributed by atoms with Gasteiger partial charge >= 0.3 is 0 Å². The number of methoxy groups -OCH3 is 2. The zero-order valence-electron chi connectivity index (χ0n) is 17.0. The second-order valence-corrected chi connectivity index (χ2v) is 6.42. The molecular weight excluding hydrogens is 380 g/mol. The molecule has 0 saturated heterocycles. The monoisotopic (exact) mass is 402 g/mol. The molecule has 0 aliphatic carbocycles. The third-order valence-corrected chi connectivity index (χ3v) is 4.41. The number of aliphatic carboxylic acids is 1. The van der Waals surface area contributed by atoms with E-state index in [1.807, 2.05) is 60.9 Å². The van der Waals surface area contributed by atoms with Crippen molar-refractivity contribution in [2.75, 3.05) is 14.2 Å². The quantitative estimate of drug-likeness (QED) is 0.514. The topological polar surface area (TPSA) is 81.5 Å². The van der Waals surface area contributed by atoms with E-state index in [1.54, 1.807) is 14.2 Å². The van der Waals surface area contributed by atoms with Crippen LogP contribution in [0.5, 0.6) is 11.5 Å². The van der Waals surface area contributed by atoms with E-state index in [1.165, 1.54) is 0 Å². The molecule has 2 aromatic carbocycles. The highest BCUT2D eigenvalue weighted by atomic mass is 16.5. The molecule has 4 aromatic rings. The Morgan fingerprint density at radius 2 is 1.20 bits per heavy atom. The lowest BCUT2D eigenvalue weighted by atomic mass is 10.0. The van der Waals surface area contributed by atoms with Crippen LogP contribution in [0.3, 0.4) is 0 Å². The maximum Gasteiger partial charge on any atom is 0.300 e. The van der Waals surface area contributed by atoms with E-state index < -0.39 is 5.97 Å². The van der Waals surface area contributed by atoms with Crippen molar-refractivity contribution in [1.29, 1.82) is 0 Å². The van der Waals surface area contributed by atoms with Crippen LogP contribution in [-0.4, -0.2) is 35.3 Å². The largest absolute Gasteiger partial charge is 0.497 e. The zero-order chi connectivity index (χ0) is 21.5. The van der Waals surface area contributed by atoms with Gasteiger partial charge in [0.2, 0.25) is 0 Å². The fourth-order valence-corrected chi connectivity index (χ4v) is 3.02. The molecule has 0 fully saturated rings. The Morgan fingerprint density at radius 1 is 0.800 bits per heavy atom. The molecule has 6 nitrogen and oxygen atoms in total. The van der Waals surface area contributed by atoms with Crippen molar-refractivity contribution in [2.45, 2.75) is 6.92 Å². The molecule has 0 radical (unpaired) electrons. The second-order valence-electron chi connectivity index (χ2n) is 6.42. The minimum atomic E-state index is -0.833. The number of fused-ring (bicyclic) bond motifs is 2. The van der Waals surface area contributed by atoms with Crippen LogP contribution in [0.4, 0.5) is 0 Å². The number of carboxylic acids is 1. The molecule has 152 valence electrons. The van der Waals surface area contributed by atoms with E-state index in [-0.39, 0.29) is 0 Å². The highest BCUT2D eigenvalue weighted by Gasteiger charge is 2.04. The predicted octanol–water partition coefficient (Wildman–Crippen LogP) is 5.06. The van der Waals surface area contributed by atoms with Gasteiger partial charge in [-0.1, -0.05) is 12.2 Å². The number of nitrogens with zero attached hydrogens (tertiary/aromatic N) is 2. The number of pyridine rings is 2. The van der Waals surface area contributed by atoms with Gasteiger partial charge in [0.25, 0.3) is 5.97 Å². The molecule has 30 heavy (non-hydrogen) atoms. The van der Waals surface area contributed by atoms with Gasteiger partial charge in [0.15, 0.2) is 0 Å². The molecular formula is C24H22N2O4. The van der Waals surface area contributed by atoms with Crippen molar-refractivity contribution in [3.8, 4) is 11.5 Å². The van der Waals surface area contributed by atoms with Crippen LogP contribution in [0.1, 0.15) is 18.1 Å². The van der Waals surface area contributed by atoms with Crippen LogP contribution in [0.15, 0.2) is 60.9 Å². The molecule has 0 saturated carbocycles. The molecule has 0 bridgehead atoms. The van der Waals surface area contributed by atoms with Crippen LogP contribution >= 0.6 is 0 Å². The first-order valence-electron chi connectivity index (χ1n) is 9.25. The van der Waals surface area contributed by atoms with Crippen molar-refractivity contribution < 1.29 is 19.4 Å². The number of ether oxygens (including phenoxy) is 2. The van der Waals surface area contributed by atoms with Gasteiger partial charge in [-0.25, -0.2) is 0 Å². The fraction of sp³-hybridized carbons (Fsp3) is 0.125. The van der Waals surface area contributed by atoms with Crippen LogP contribution in [0, 0.1) is 0 Å². The second kappa shape index (κ2) is 9.52. The Balaban J connectivity index is 0.000000589. The van der Waals surface area contributed by atoms with Crippen LogP contribution in [0.25, 0.3) is 34.0 Å².